The third-order valence-corrected chi connectivity index (χ3v) is 4.20. The fourth-order valence-electron chi connectivity index (χ4n) is 2.54. The average Bonchev–Trinajstić information content (AvgIpc) is 3.26. The number of benzene rings is 1. The summed E-state index contributed by atoms with van der Waals surface area (Å²) in [6.45, 7) is 2.60. The largest absolute Gasteiger partial charge is 0.396 e. The summed E-state index contributed by atoms with van der Waals surface area (Å²) in [7, 11) is 0. The summed E-state index contributed by atoms with van der Waals surface area (Å²) in [6.07, 6.45) is 3.36. The summed E-state index contributed by atoms with van der Waals surface area (Å²) < 4.78 is 13.0. The lowest BCUT2D eigenvalue weighted by Gasteiger charge is -2.20. The summed E-state index contributed by atoms with van der Waals surface area (Å²) >= 11 is 0. The van der Waals surface area contributed by atoms with Gasteiger partial charge in [-0.1, -0.05) is 19.1 Å². The highest BCUT2D eigenvalue weighted by molar-refractivity contribution is 5.74. The summed E-state index contributed by atoms with van der Waals surface area (Å²) in [4.78, 5) is 11.9. The molecule has 4 nitrogen and oxygen atoms in total. The lowest BCUT2D eigenvalue weighted by molar-refractivity contribution is 0.227. The molecule has 0 bridgehead atoms. The van der Waals surface area contributed by atoms with Crippen LogP contribution in [0.3, 0.4) is 0 Å². The Hall–Kier alpha value is -1.62. The number of aliphatic hydroxyl groups is 1. The number of amides is 2. The number of aliphatic hydroxyl groups excluding tert-OH is 1. The monoisotopic (exact) mass is 294 g/mol. The van der Waals surface area contributed by atoms with E-state index in [1.165, 1.54) is 12.1 Å². The van der Waals surface area contributed by atoms with Crippen LogP contribution in [-0.4, -0.2) is 30.3 Å². The Kier molecular flexibility index (Phi) is 5.17. The zero-order valence-corrected chi connectivity index (χ0v) is 12.4. The molecule has 1 unspecified atom stereocenters. The van der Waals surface area contributed by atoms with Gasteiger partial charge in [-0.2, -0.15) is 0 Å². The third-order valence-electron chi connectivity index (χ3n) is 4.20. The highest BCUT2D eigenvalue weighted by atomic mass is 19.1. The first kappa shape index (κ1) is 15.8. The Labute approximate surface area is 124 Å². The molecule has 0 radical (unpaired) electrons. The molecule has 1 aromatic carbocycles. The second-order valence-corrected chi connectivity index (χ2v) is 5.73. The van der Waals surface area contributed by atoms with Crippen molar-refractivity contribution >= 4 is 6.03 Å². The SMILES string of the molecule is CCC(CCO)NC(=O)NCC1(c2ccc(F)cc2)CC1. The third kappa shape index (κ3) is 4.17. The Morgan fingerprint density at radius 2 is 2.05 bits per heavy atom. The first-order chi connectivity index (χ1) is 10.1. The molecule has 2 rings (SSSR count). The van der Waals surface area contributed by atoms with Crippen molar-refractivity contribution in [3.63, 3.8) is 0 Å². The maximum atomic E-state index is 13.0. The molecule has 0 aliphatic heterocycles. The Morgan fingerprint density at radius 3 is 2.57 bits per heavy atom. The fourth-order valence-corrected chi connectivity index (χ4v) is 2.54. The Morgan fingerprint density at radius 1 is 1.38 bits per heavy atom. The van der Waals surface area contributed by atoms with Crippen molar-refractivity contribution in [2.45, 2.75) is 44.1 Å². The molecule has 1 atom stereocenters. The number of halogens is 1. The minimum absolute atomic E-state index is 0.00373. The van der Waals surface area contributed by atoms with Gasteiger partial charge < -0.3 is 15.7 Å². The second kappa shape index (κ2) is 6.89. The number of carbonyl (C=O) groups is 1. The highest BCUT2D eigenvalue weighted by Crippen LogP contribution is 2.47. The van der Waals surface area contributed by atoms with Gasteiger partial charge in [-0.25, -0.2) is 9.18 Å². The molecular weight excluding hydrogens is 271 g/mol. The molecule has 0 aromatic heterocycles. The normalized spacial score (nSPS) is 17.1. The molecule has 116 valence electrons. The molecule has 0 heterocycles. The molecule has 1 aromatic rings. The van der Waals surface area contributed by atoms with Crippen molar-refractivity contribution < 1.29 is 14.3 Å². The number of carbonyl (C=O) groups excluding carboxylic acids is 1. The van der Waals surface area contributed by atoms with Crippen LogP contribution in [0.2, 0.25) is 0 Å². The lowest BCUT2D eigenvalue weighted by atomic mass is 9.96. The quantitative estimate of drug-likeness (QED) is 0.722. The van der Waals surface area contributed by atoms with E-state index in [0.29, 0.717) is 13.0 Å². The van der Waals surface area contributed by atoms with Crippen molar-refractivity contribution in [1.82, 2.24) is 10.6 Å². The van der Waals surface area contributed by atoms with E-state index in [9.17, 15) is 9.18 Å². The van der Waals surface area contributed by atoms with E-state index in [1.54, 1.807) is 12.1 Å². The van der Waals surface area contributed by atoms with Crippen LogP contribution < -0.4 is 10.6 Å². The molecule has 0 spiro atoms. The van der Waals surface area contributed by atoms with E-state index >= 15 is 0 Å². The number of urea groups is 1. The van der Waals surface area contributed by atoms with Gasteiger partial charge >= 0.3 is 6.03 Å². The molecule has 5 heteroatoms. The van der Waals surface area contributed by atoms with Gasteiger partial charge in [-0.05, 0) is 43.4 Å². The summed E-state index contributed by atoms with van der Waals surface area (Å²) in [6, 6.07) is 6.30. The number of nitrogens with one attached hydrogen (secondary N) is 2. The van der Waals surface area contributed by atoms with Crippen molar-refractivity contribution in [3.05, 3.63) is 35.6 Å². The van der Waals surface area contributed by atoms with E-state index in [-0.39, 0.29) is 29.9 Å². The van der Waals surface area contributed by atoms with Gasteiger partial charge in [0.15, 0.2) is 0 Å². The molecule has 2 amide bonds. The molecule has 1 saturated carbocycles. The zero-order valence-electron chi connectivity index (χ0n) is 12.4. The highest BCUT2D eigenvalue weighted by Gasteiger charge is 2.44. The van der Waals surface area contributed by atoms with Gasteiger partial charge in [-0.15, -0.1) is 0 Å². The van der Waals surface area contributed by atoms with Gasteiger partial charge in [0, 0.05) is 24.6 Å². The van der Waals surface area contributed by atoms with Crippen LogP contribution in [0.5, 0.6) is 0 Å². The van der Waals surface area contributed by atoms with Crippen molar-refractivity contribution in [3.8, 4) is 0 Å². The minimum atomic E-state index is -0.241. The molecule has 1 aliphatic carbocycles. The van der Waals surface area contributed by atoms with Gasteiger partial charge in [0.05, 0.1) is 0 Å². The van der Waals surface area contributed by atoms with Gasteiger partial charge in [0.1, 0.15) is 5.82 Å². The van der Waals surface area contributed by atoms with Crippen LogP contribution in [0, 0.1) is 5.82 Å². The lowest BCUT2D eigenvalue weighted by Crippen LogP contribution is -2.44. The molecular formula is C16H23FN2O2. The first-order valence-electron chi connectivity index (χ1n) is 7.51. The standard InChI is InChI=1S/C16H23FN2O2/c1-2-14(7-10-20)19-15(21)18-11-16(8-9-16)12-3-5-13(17)6-4-12/h3-6,14,20H,2,7-11H2,1H3,(H2,18,19,21). The number of hydrogen-bond donors (Lipinski definition) is 3. The number of hydrogen-bond acceptors (Lipinski definition) is 2. The maximum Gasteiger partial charge on any atom is 0.315 e. The molecule has 3 N–H and O–H groups in total. The van der Waals surface area contributed by atoms with Crippen LogP contribution >= 0.6 is 0 Å². The molecule has 0 saturated heterocycles. The Balaban J connectivity index is 1.85. The van der Waals surface area contributed by atoms with Crippen LogP contribution in [-0.2, 0) is 5.41 Å². The number of rotatable bonds is 7. The summed E-state index contributed by atoms with van der Waals surface area (Å²) in [5.41, 5.74) is 1.04. The van der Waals surface area contributed by atoms with E-state index in [1.807, 2.05) is 6.92 Å². The maximum absolute atomic E-state index is 13.0. The average molecular weight is 294 g/mol. The topological polar surface area (TPSA) is 61.4 Å². The van der Waals surface area contributed by atoms with E-state index in [2.05, 4.69) is 10.6 Å². The molecule has 1 fully saturated rings. The van der Waals surface area contributed by atoms with Crippen LogP contribution in [0.15, 0.2) is 24.3 Å². The van der Waals surface area contributed by atoms with Gasteiger partial charge in [-0.3, -0.25) is 0 Å². The molecule has 21 heavy (non-hydrogen) atoms. The first-order valence-corrected chi connectivity index (χ1v) is 7.51. The molecule has 1 aliphatic rings. The van der Waals surface area contributed by atoms with Crippen LogP contribution in [0.1, 0.15) is 38.2 Å². The van der Waals surface area contributed by atoms with E-state index in [0.717, 1.165) is 24.8 Å². The van der Waals surface area contributed by atoms with Crippen molar-refractivity contribution in [2.75, 3.05) is 13.2 Å². The van der Waals surface area contributed by atoms with Gasteiger partial charge in [0.2, 0.25) is 0 Å². The predicted molar refractivity (Wildman–Crippen MR) is 79.6 cm³/mol. The smallest absolute Gasteiger partial charge is 0.315 e. The van der Waals surface area contributed by atoms with Crippen LogP contribution in [0.25, 0.3) is 0 Å². The summed E-state index contributed by atoms with van der Waals surface area (Å²) in [5, 5.41) is 14.7. The van der Waals surface area contributed by atoms with E-state index in [4.69, 9.17) is 5.11 Å². The predicted octanol–water partition coefficient (Wildman–Crippen LogP) is 2.32. The van der Waals surface area contributed by atoms with Gasteiger partial charge in [0.25, 0.3) is 0 Å². The zero-order chi connectivity index (χ0) is 15.3. The Bertz CT molecular complexity index is 472. The van der Waals surface area contributed by atoms with Crippen molar-refractivity contribution in [1.29, 1.82) is 0 Å². The van der Waals surface area contributed by atoms with E-state index < -0.39 is 0 Å². The fraction of sp³-hybridized carbons (Fsp3) is 0.562. The van der Waals surface area contributed by atoms with Crippen molar-refractivity contribution in [2.24, 2.45) is 0 Å². The second-order valence-electron chi connectivity index (χ2n) is 5.73. The summed E-state index contributed by atoms with van der Waals surface area (Å²) in [5.74, 6) is -0.241. The van der Waals surface area contributed by atoms with Crippen LogP contribution in [0.4, 0.5) is 9.18 Å². The minimum Gasteiger partial charge on any atom is -0.396 e.